The Balaban J connectivity index is 2.47. The van der Waals surface area contributed by atoms with Crippen molar-refractivity contribution in [3.05, 3.63) is 11.3 Å². The van der Waals surface area contributed by atoms with E-state index < -0.39 is 58.6 Å². The number of hydrogen-bond donors (Lipinski definition) is 0. The maximum Gasteiger partial charge on any atom is 0.337 e. The molecule has 0 radical (unpaired) electrons. The number of carbonyl (C=O) groups is 4. The van der Waals surface area contributed by atoms with Crippen LogP contribution in [0.25, 0.3) is 0 Å². The topological polar surface area (TPSA) is 124 Å². The Morgan fingerprint density at radius 3 is 1.84 bits per heavy atom. The lowest BCUT2D eigenvalue weighted by Crippen LogP contribution is -2.48. The summed E-state index contributed by atoms with van der Waals surface area (Å²) in [4.78, 5) is 52.5. The average Bonchev–Trinajstić information content (AvgIpc) is 3.34. The molecule has 0 aliphatic heterocycles. The lowest BCUT2D eigenvalue weighted by Gasteiger charge is -2.42. The fraction of sp³-hybridized carbons (Fsp3) is 0.714. The van der Waals surface area contributed by atoms with Crippen LogP contribution in [-0.4, -0.2) is 72.6 Å². The third-order valence-corrected chi connectivity index (χ3v) is 7.43. The molecule has 0 aromatic carbocycles. The molecule has 2 saturated carbocycles. The second-order valence-electron chi connectivity index (χ2n) is 7.96. The highest BCUT2D eigenvalue weighted by molar-refractivity contribution is 5.98. The van der Waals surface area contributed by atoms with Gasteiger partial charge < -0.3 is 28.4 Å². The van der Waals surface area contributed by atoms with Gasteiger partial charge in [0.25, 0.3) is 0 Å². The number of hydrogen-bond acceptors (Lipinski definition) is 10. The van der Waals surface area contributed by atoms with E-state index in [9.17, 15) is 19.2 Å². The van der Waals surface area contributed by atoms with Crippen LogP contribution in [0, 0.1) is 28.6 Å². The molecular formula is C21H28O10. The Morgan fingerprint density at radius 1 is 0.774 bits per heavy atom. The molecule has 0 bridgehead atoms. The monoisotopic (exact) mass is 440 g/mol. The highest BCUT2D eigenvalue weighted by Crippen LogP contribution is 2.79. The standard InChI is InChI=1S/C21H28O10/c1-26-14-10(16(22)28-3)20-8-7-9-21(20,11(14)17(23)29-4)13(19(25)31-6)15(27-2)12(20)18(24)30-5/h10-12,14H,7-9H2,1-6H3. The van der Waals surface area contributed by atoms with Gasteiger partial charge in [0.15, 0.2) is 0 Å². The summed E-state index contributed by atoms with van der Waals surface area (Å²) in [5, 5.41) is 0. The number of carbonyl (C=O) groups excluding carboxylic acids is 4. The summed E-state index contributed by atoms with van der Waals surface area (Å²) in [6.45, 7) is 0. The van der Waals surface area contributed by atoms with E-state index in [-0.39, 0.29) is 11.3 Å². The third kappa shape index (κ3) is 2.60. The minimum Gasteiger partial charge on any atom is -0.500 e. The first-order valence-corrected chi connectivity index (χ1v) is 9.92. The van der Waals surface area contributed by atoms with E-state index in [0.717, 1.165) is 0 Å². The second-order valence-corrected chi connectivity index (χ2v) is 7.96. The van der Waals surface area contributed by atoms with Crippen LogP contribution in [0.2, 0.25) is 0 Å². The van der Waals surface area contributed by atoms with Gasteiger partial charge in [0.2, 0.25) is 0 Å². The Kier molecular flexibility index (Phi) is 6.05. The van der Waals surface area contributed by atoms with Gasteiger partial charge in [0.1, 0.15) is 11.7 Å². The van der Waals surface area contributed by atoms with Crippen LogP contribution in [0.1, 0.15) is 19.3 Å². The van der Waals surface area contributed by atoms with E-state index in [2.05, 4.69) is 0 Å². The molecule has 0 aromatic heterocycles. The third-order valence-electron chi connectivity index (χ3n) is 7.43. The molecule has 0 N–H and O–H groups in total. The van der Waals surface area contributed by atoms with Crippen LogP contribution in [0.15, 0.2) is 11.3 Å². The normalized spacial score (nSPS) is 35.8. The molecule has 31 heavy (non-hydrogen) atoms. The van der Waals surface area contributed by atoms with Gasteiger partial charge in [-0.05, 0) is 12.8 Å². The summed E-state index contributed by atoms with van der Waals surface area (Å²) >= 11 is 0. The van der Waals surface area contributed by atoms with Gasteiger partial charge in [-0.2, -0.15) is 0 Å². The van der Waals surface area contributed by atoms with Crippen molar-refractivity contribution in [2.45, 2.75) is 25.4 Å². The molecule has 3 rings (SSSR count). The van der Waals surface area contributed by atoms with Crippen LogP contribution in [0.4, 0.5) is 0 Å². The van der Waals surface area contributed by atoms with Gasteiger partial charge in [0, 0.05) is 17.9 Å². The zero-order chi connectivity index (χ0) is 23.1. The molecule has 0 saturated heterocycles. The highest BCUT2D eigenvalue weighted by Gasteiger charge is 2.84. The minimum atomic E-state index is -1.29. The van der Waals surface area contributed by atoms with Crippen molar-refractivity contribution in [3.63, 3.8) is 0 Å². The van der Waals surface area contributed by atoms with Crippen molar-refractivity contribution in [1.29, 1.82) is 0 Å². The van der Waals surface area contributed by atoms with Crippen LogP contribution in [0.3, 0.4) is 0 Å². The average molecular weight is 440 g/mol. The van der Waals surface area contributed by atoms with Crippen molar-refractivity contribution in [1.82, 2.24) is 0 Å². The van der Waals surface area contributed by atoms with Crippen molar-refractivity contribution in [2.24, 2.45) is 28.6 Å². The smallest absolute Gasteiger partial charge is 0.337 e. The van der Waals surface area contributed by atoms with Gasteiger partial charge in [0.05, 0.1) is 59.1 Å². The molecule has 10 nitrogen and oxygen atoms in total. The van der Waals surface area contributed by atoms with E-state index in [1.54, 1.807) is 0 Å². The maximum atomic E-state index is 13.1. The quantitative estimate of drug-likeness (QED) is 0.429. The first kappa shape index (κ1) is 23.1. The predicted octanol–water partition coefficient (Wildman–Crippen LogP) is 0.626. The summed E-state index contributed by atoms with van der Waals surface area (Å²) in [6.07, 6.45) is 0.214. The van der Waals surface area contributed by atoms with Crippen LogP contribution < -0.4 is 0 Å². The lowest BCUT2D eigenvalue weighted by molar-refractivity contribution is -0.164. The van der Waals surface area contributed by atoms with Gasteiger partial charge in [-0.25, -0.2) is 4.79 Å². The summed E-state index contributed by atoms with van der Waals surface area (Å²) < 4.78 is 31.5. The Morgan fingerprint density at radius 2 is 1.35 bits per heavy atom. The summed E-state index contributed by atoms with van der Waals surface area (Å²) in [6, 6.07) is 0. The fourth-order valence-corrected chi connectivity index (χ4v) is 6.70. The Hall–Kier alpha value is -2.62. The molecule has 10 heteroatoms. The van der Waals surface area contributed by atoms with Crippen LogP contribution >= 0.6 is 0 Å². The first-order valence-electron chi connectivity index (χ1n) is 9.92. The summed E-state index contributed by atoms with van der Waals surface area (Å²) in [7, 11) is 7.56. The van der Waals surface area contributed by atoms with E-state index in [0.29, 0.717) is 19.3 Å². The van der Waals surface area contributed by atoms with Crippen molar-refractivity contribution in [2.75, 3.05) is 42.7 Å². The second kappa shape index (κ2) is 8.14. The predicted molar refractivity (Wildman–Crippen MR) is 102 cm³/mol. The Labute approximate surface area is 180 Å². The number of rotatable bonds is 6. The minimum absolute atomic E-state index is 0.0377. The van der Waals surface area contributed by atoms with Crippen LogP contribution in [0.5, 0.6) is 0 Å². The van der Waals surface area contributed by atoms with E-state index in [4.69, 9.17) is 28.4 Å². The zero-order valence-corrected chi connectivity index (χ0v) is 18.5. The van der Waals surface area contributed by atoms with Gasteiger partial charge in [-0.1, -0.05) is 6.42 Å². The summed E-state index contributed by atoms with van der Waals surface area (Å²) in [5.41, 5.74) is -2.49. The molecule has 0 aromatic rings. The van der Waals surface area contributed by atoms with E-state index >= 15 is 0 Å². The largest absolute Gasteiger partial charge is 0.500 e. The van der Waals surface area contributed by atoms with Crippen molar-refractivity contribution >= 4 is 23.9 Å². The molecule has 6 unspecified atom stereocenters. The molecule has 0 amide bonds. The number of ether oxygens (including phenoxy) is 6. The van der Waals surface area contributed by atoms with Crippen LogP contribution in [-0.2, 0) is 47.6 Å². The number of esters is 4. The molecule has 3 aliphatic rings. The van der Waals surface area contributed by atoms with E-state index in [1.807, 2.05) is 0 Å². The Bertz CT molecular complexity index is 832. The molecule has 0 heterocycles. The highest BCUT2D eigenvalue weighted by atomic mass is 16.5. The zero-order valence-electron chi connectivity index (χ0n) is 18.5. The maximum absolute atomic E-state index is 13.1. The molecule has 0 spiro atoms. The molecular weight excluding hydrogens is 412 g/mol. The molecule has 3 aliphatic carbocycles. The van der Waals surface area contributed by atoms with Crippen molar-refractivity contribution in [3.8, 4) is 0 Å². The lowest BCUT2D eigenvalue weighted by atomic mass is 9.58. The summed E-state index contributed by atoms with van der Waals surface area (Å²) in [5.74, 6) is -5.95. The molecule has 172 valence electrons. The van der Waals surface area contributed by atoms with Gasteiger partial charge in [-0.15, -0.1) is 0 Å². The first-order chi connectivity index (χ1) is 14.8. The molecule has 2 fully saturated rings. The van der Waals surface area contributed by atoms with Gasteiger partial charge in [-0.3, -0.25) is 14.4 Å². The SMILES string of the molecule is COC(=O)C1=C(OC)C(C(=O)OC)C23CCCC12C(C(=O)OC)C(OC)C3C(=O)OC. The van der Waals surface area contributed by atoms with Crippen molar-refractivity contribution < 1.29 is 47.6 Å². The fourth-order valence-electron chi connectivity index (χ4n) is 6.70. The van der Waals surface area contributed by atoms with Gasteiger partial charge >= 0.3 is 23.9 Å². The number of methoxy groups -OCH3 is 6. The van der Waals surface area contributed by atoms with E-state index in [1.165, 1.54) is 42.7 Å². The molecule has 6 atom stereocenters.